The Morgan fingerprint density at radius 3 is 2.58 bits per heavy atom. The summed E-state index contributed by atoms with van der Waals surface area (Å²) >= 11 is 2.07. The van der Waals surface area contributed by atoms with Crippen LogP contribution in [0.2, 0.25) is 0 Å². The summed E-state index contributed by atoms with van der Waals surface area (Å²) in [6.45, 7) is 9.67. The molecule has 0 spiro atoms. The van der Waals surface area contributed by atoms with E-state index in [1.54, 1.807) is 0 Å². The molecule has 106 valence electrons. The average Bonchev–Trinajstić information content (AvgIpc) is 2.65. The molecule has 3 heteroatoms. The van der Waals surface area contributed by atoms with Crippen molar-refractivity contribution in [3.05, 3.63) is 34.4 Å². The Balaban J connectivity index is 2.27. The van der Waals surface area contributed by atoms with E-state index in [-0.39, 0.29) is 0 Å². The summed E-state index contributed by atoms with van der Waals surface area (Å²) in [6.07, 6.45) is 1.28. The van der Waals surface area contributed by atoms with E-state index in [9.17, 15) is 0 Å². The van der Waals surface area contributed by atoms with Gasteiger partial charge >= 0.3 is 0 Å². The SMILES string of the molecule is Cc1cc(C)c(C(CN)N2CCCSCC2)cc1C. The minimum Gasteiger partial charge on any atom is -0.329 e. The highest BCUT2D eigenvalue weighted by Gasteiger charge is 2.22. The van der Waals surface area contributed by atoms with Crippen LogP contribution in [0, 0.1) is 20.8 Å². The summed E-state index contributed by atoms with van der Waals surface area (Å²) in [4.78, 5) is 2.58. The number of rotatable bonds is 3. The smallest absolute Gasteiger partial charge is 0.0473 e. The van der Waals surface area contributed by atoms with Gasteiger partial charge < -0.3 is 5.73 Å². The number of thioether (sulfide) groups is 1. The summed E-state index contributed by atoms with van der Waals surface area (Å²) in [5.74, 6) is 2.53. The van der Waals surface area contributed by atoms with Crippen LogP contribution >= 0.6 is 11.8 Å². The standard InChI is InChI=1S/C16H26N2S/c1-12-9-14(3)15(10-13(12)2)16(11-17)18-5-4-7-19-8-6-18/h9-10,16H,4-8,11,17H2,1-3H3. The quantitative estimate of drug-likeness (QED) is 0.921. The monoisotopic (exact) mass is 278 g/mol. The molecule has 0 aliphatic carbocycles. The van der Waals surface area contributed by atoms with Crippen LogP contribution in [0.15, 0.2) is 12.1 Å². The van der Waals surface area contributed by atoms with Gasteiger partial charge in [-0.05, 0) is 61.7 Å². The van der Waals surface area contributed by atoms with Crippen LogP contribution in [0.25, 0.3) is 0 Å². The minimum atomic E-state index is 0.387. The van der Waals surface area contributed by atoms with E-state index in [2.05, 4.69) is 49.6 Å². The first kappa shape index (κ1) is 14.9. The van der Waals surface area contributed by atoms with Crippen LogP contribution in [0.1, 0.15) is 34.7 Å². The highest BCUT2D eigenvalue weighted by Crippen LogP contribution is 2.27. The molecule has 2 rings (SSSR count). The van der Waals surface area contributed by atoms with Crippen molar-refractivity contribution in [2.24, 2.45) is 5.73 Å². The molecular formula is C16H26N2S. The maximum atomic E-state index is 6.10. The second kappa shape index (κ2) is 6.78. The number of nitrogens with zero attached hydrogens (tertiary/aromatic N) is 1. The molecule has 1 unspecified atom stereocenters. The van der Waals surface area contributed by atoms with Gasteiger partial charge in [-0.15, -0.1) is 0 Å². The van der Waals surface area contributed by atoms with Crippen LogP contribution in [-0.2, 0) is 0 Å². The maximum Gasteiger partial charge on any atom is 0.0473 e. The van der Waals surface area contributed by atoms with E-state index >= 15 is 0 Å². The molecule has 1 aromatic carbocycles. The third kappa shape index (κ3) is 3.53. The molecule has 1 heterocycles. The molecule has 0 amide bonds. The lowest BCUT2D eigenvalue weighted by molar-refractivity contribution is 0.217. The van der Waals surface area contributed by atoms with Gasteiger partial charge in [0.15, 0.2) is 0 Å². The van der Waals surface area contributed by atoms with E-state index in [1.165, 1.54) is 53.3 Å². The second-order valence-electron chi connectivity index (χ2n) is 5.55. The number of benzene rings is 1. The predicted molar refractivity (Wildman–Crippen MR) is 86.0 cm³/mol. The molecule has 0 bridgehead atoms. The Labute approximate surface area is 121 Å². The zero-order chi connectivity index (χ0) is 13.8. The fraction of sp³-hybridized carbons (Fsp3) is 0.625. The van der Waals surface area contributed by atoms with Gasteiger partial charge in [0.05, 0.1) is 0 Å². The van der Waals surface area contributed by atoms with Crippen molar-refractivity contribution in [1.29, 1.82) is 0 Å². The summed E-state index contributed by atoms with van der Waals surface area (Å²) < 4.78 is 0. The van der Waals surface area contributed by atoms with Gasteiger partial charge in [-0.1, -0.05) is 12.1 Å². The molecule has 1 aromatic rings. The van der Waals surface area contributed by atoms with Crippen molar-refractivity contribution >= 4 is 11.8 Å². The zero-order valence-corrected chi connectivity index (χ0v) is 13.2. The van der Waals surface area contributed by atoms with Gasteiger partial charge in [0.2, 0.25) is 0 Å². The van der Waals surface area contributed by atoms with Crippen molar-refractivity contribution in [2.45, 2.75) is 33.2 Å². The first-order valence-corrected chi connectivity index (χ1v) is 8.38. The molecule has 2 nitrogen and oxygen atoms in total. The minimum absolute atomic E-state index is 0.387. The number of aryl methyl sites for hydroxylation is 3. The molecule has 1 fully saturated rings. The lowest BCUT2D eigenvalue weighted by Crippen LogP contribution is -2.35. The normalized spacial score (nSPS) is 19.2. The summed E-state index contributed by atoms with van der Waals surface area (Å²) in [5.41, 5.74) is 11.7. The molecule has 19 heavy (non-hydrogen) atoms. The van der Waals surface area contributed by atoms with Crippen LogP contribution in [0.3, 0.4) is 0 Å². The van der Waals surface area contributed by atoms with Crippen molar-refractivity contribution in [3.63, 3.8) is 0 Å². The Morgan fingerprint density at radius 1 is 1.11 bits per heavy atom. The molecule has 0 aromatic heterocycles. The van der Waals surface area contributed by atoms with E-state index in [0.29, 0.717) is 12.6 Å². The molecule has 1 saturated heterocycles. The third-order valence-corrected chi connectivity index (χ3v) is 5.21. The van der Waals surface area contributed by atoms with E-state index in [1.807, 2.05) is 0 Å². The molecule has 1 atom stereocenters. The second-order valence-corrected chi connectivity index (χ2v) is 6.77. The fourth-order valence-corrected chi connectivity index (χ4v) is 3.79. The molecular weight excluding hydrogens is 252 g/mol. The summed E-state index contributed by atoms with van der Waals surface area (Å²) in [5, 5.41) is 0. The zero-order valence-electron chi connectivity index (χ0n) is 12.4. The highest BCUT2D eigenvalue weighted by atomic mass is 32.2. The van der Waals surface area contributed by atoms with Gasteiger partial charge in [0.25, 0.3) is 0 Å². The van der Waals surface area contributed by atoms with Crippen molar-refractivity contribution in [3.8, 4) is 0 Å². The molecule has 0 saturated carbocycles. The van der Waals surface area contributed by atoms with Crippen LogP contribution in [0.5, 0.6) is 0 Å². The Bertz CT molecular complexity index is 423. The Hall–Kier alpha value is -0.510. The van der Waals surface area contributed by atoms with E-state index in [4.69, 9.17) is 5.73 Å². The first-order chi connectivity index (χ1) is 9.13. The number of nitrogens with two attached hydrogens (primary N) is 1. The van der Waals surface area contributed by atoms with Crippen molar-refractivity contribution in [1.82, 2.24) is 4.90 Å². The largest absolute Gasteiger partial charge is 0.329 e. The molecule has 0 radical (unpaired) electrons. The van der Waals surface area contributed by atoms with Gasteiger partial charge in [-0.3, -0.25) is 4.90 Å². The first-order valence-electron chi connectivity index (χ1n) is 7.23. The van der Waals surface area contributed by atoms with Crippen molar-refractivity contribution < 1.29 is 0 Å². The molecule has 2 N–H and O–H groups in total. The van der Waals surface area contributed by atoms with Gasteiger partial charge in [-0.25, -0.2) is 0 Å². The summed E-state index contributed by atoms with van der Waals surface area (Å²) in [7, 11) is 0. The number of hydrogen-bond acceptors (Lipinski definition) is 3. The van der Waals surface area contributed by atoms with Crippen molar-refractivity contribution in [2.75, 3.05) is 31.1 Å². The predicted octanol–water partition coefficient (Wildman–Crippen LogP) is 3.05. The van der Waals surface area contributed by atoms with Crippen LogP contribution in [-0.4, -0.2) is 36.0 Å². The fourth-order valence-electron chi connectivity index (χ4n) is 2.89. The Kier molecular flexibility index (Phi) is 5.31. The average molecular weight is 278 g/mol. The van der Waals surface area contributed by atoms with Crippen LogP contribution < -0.4 is 5.73 Å². The Morgan fingerprint density at radius 2 is 1.84 bits per heavy atom. The van der Waals surface area contributed by atoms with Gasteiger partial charge in [-0.2, -0.15) is 11.8 Å². The van der Waals surface area contributed by atoms with Gasteiger partial charge in [0, 0.05) is 24.9 Å². The van der Waals surface area contributed by atoms with Crippen LogP contribution in [0.4, 0.5) is 0 Å². The lowest BCUT2D eigenvalue weighted by Gasteiger charge is -2.31. The molecule has 1 aliphatic heterocycles. The van der Waals surface area contributed by atoms with E-state index < -0.39 is 0 Å². The van der Waals surface area contributed by atoms with E-state index in [0.717, 1.165) is 0 Å². The topological polar surface area (TPSA) is 29.3 Å². The molecule has 1 aliphatic rings. The summed E-state index contributed by atoms with van der Waals surface area (Å²) in [6, 6.07) is 5.04. The maximum absolute atomic E-state index is 6.10. The third-order valence-electron chi connectivity index (χ3n) is 4.16. The number of hydrogen-bond donors (Lipinski definition) is 1. The van der Waals surface area contributed by atoms with Gasteiger partial charge in [0.1, 0.15) is 0 Å². The lowest BCUT2D eigenvalue weighted by atomic mass is 9.94. The highest BCUT2D eigenvalue weighted by molar-refractivity contribution is 7.99.